The third-order valence-corrected chi connectivity index (χ3v) is 3.73. The zero-order valence-electron chi connectivity index (χ0n) is 10.1. The Kier molecular flexibility index (Phi) is 2.92. The first-order chi connectivity index (χ1) is 8.74. The van der Waals surface area contributed by atoms with Gasteiger partial charge in [-0.25, -0.2) is 0 Å². The predicted octanol–water partition coefficient (Wildman–Crippen LogP) is 4.16. The van der Waals surface area contributed by atoms with Crippen molar-refractivity contribution in [1.82, 2.24) is 9.55 Å². The molecule has 0 radical (unpaired) electrons. The molecule has 0 saturated heterocycles. The Bertz CT molecular complexity index is 701. The minimum atomic E-state index is 0.807. The SMILES string of the molecule is Cc1cccc(Cn2ccc3c(Br)cccc32)n1. The molecule has 2 nitrogen and oxygen atoms in total. The van der Waals surface area contributed by atoms with E-state index >= 15 is 0 Å². The number of aromatic nitrogens is 2. The summed E-state index contributed by atoms with van der Waals surface area (Å²) in [4.78, 5) is 4.54. The summed E-state index contributed by atoms with van der Waals surface area (Å²) in [5.74, 6) is 0. The second-order valence-electron chi connectivity index (χ2n) is 4.39. The first kappa shape index (κ1) is 11.5. The van der Waals surface area contributed by atoms with Crippen LogP contribution in [0.15, 0.2) is 53.1 Å². The number of benzene rings is 1. The molecule has 0 spiro atoms. The molecule has 0 amide bonds. The molecule has 2 aromatic heterocycles. The number of rotatable bonds is 2. The average molecular weight is 301 g/mol. The van der Waals surface area contributed by atoms with Crippen LogP contribution in [0.3, 0.4) is 0 Å². The minimum Gasteiger partial charge on any atom is -0.341 e. The summed E-state index contributed by atoms with van der Waals surface area (Å²) >= 11 is 3.58. The van der Waals surface area contributed by atoms with Crippen molar-refractivity contribution in [2.75, 3.05) is 0 Å². The number of hydrogen-bond acceptors (Lipinski definition) is 1. The van der Waals surface area contributed by atoms with Crippen molar-refractivity contribution in [3.63, 3.8) is 0 Å². The van der Waals surface area contributed by atoms with E-state index in [2.05, 4.69) is 68.1 Å². The molecule has 0 aliphatic rings. The molecule has 2 heterocycles. The van der Waals surface area contributed by atoms with Gasteiger partial charge in [-0.15, -0.1) is 0 Å². The number of aryl methyl sites for hydroxylation is 1. The van der Waals surface area contributed by atoms with E-state index in [4.69, 9.17) is 0 Å². The highest BCUT2D eigenvalue weighted by atomic mass is 79.9. The summed E-state index contributed by atoms with van der Waals surface area (Å²) in [6.45, 7) is 2.83. The molecule has 3 aromatic rings. The van der Waals surface area contributed by atoms with E-state index in [-0.39, 0.29) is 0 Å². The lowest BCUT2D eigenvalue weighted by Crippen LogP contribution is -2.00. The fourth-order valence-corrected chi connectivity index (χ4v) is 2.67. The van der Waals surface area contributed by atoms with Crippen molar-refractivity contribution < 1.29 is 0 Å². The second kappa shape index (κ2) is 4.58. The van der Waals surface area contributed by atoms with Gasteiger partial charge in [0, 0.05) is 27.3 Å². The van der Waals surface area contributed by atoms with Gasteiger partial charge in [0.15, 0.2) is 0 Å². The molecule has 90 valence electrons. The predicted molar refractivity (Wildman–Crippen MR) is 77.7 cm³/mol. The third kappa shape index (κ3) is 2.06. The Balaban J connectivity index is 2.03. The van der Waals surface area contributed by atoms with E-state index in [1.807, 2.05) is 13.0 Å². The van der Waals surface area contributed by atoms with Gasteiger partial charge < -0.3 is 4.57 Å². The Morgan fingerprint density at radius 3 is 2.78 bits per heavy atom. The molecule has 0 aliphatic heterocycles. The van der Waals surface area contributed by atoms with Crippen LogP contribution in [0.4, 0.5) is 0 Å². The van der Waals surface area contributed by atoms with Gasteiger partial charge in [0.05, 0.1) is 12.2 Å². The van der Waals surface area contributed by atoms with E-state index in [1.54, 1.807) is 0 Å². The molecule has 1 aromatic carbocycles. The summed E-state index contributed by atoms with van der Waals surface area (Å²) in [5, 5.41) is 1.24. The zero-order chi connectivity index (χ0) is 12.5. The van der Waals surface area contributed by atoms with Gasteiger partial charge >= 0.3 is 0 Å². The van der Waals surface area contributed by atoms with Gasteiger partial charge in [-0.3, -0.25) is 4.98 Å². The summed E-state index contributed by atoms with van der Waals surface area (Å²) in [6.07, 6.45) is 2.11. The monoisotopic (exact) mass is 300 g/mol. The molecule has 0 saturated carbocycles. The van der Waals surface area contributed by atoms with Gasteiger partial charge in [-0.1, -0.05) is 28.1 Å². The Morgan fingerprint density at radius 2 is 1.94 bits per heavy atom. The smallest absolute Gasteiger partial charge is 0.0648 e. The van der Waals surface area contributed by atoms with Crippen LogP contribution < -0.4 is 0 Å². The fraction of sp³-hybridized carbons (Fsp3) is 0.133. The zero-order valence-corrected chi connectivity index (χ0v) is 11.7. The first-order valence-corrected chi connectivity index (χ1v) is 6.69. The molecular weight excluding hydrogens is 288 g/mol. The third-order valence-electron chi connectivity index (χ3n) is 3.04. The van der Waals surface area contributed by atoms with Crippen molar-refractivity contribution >= 4 is 26.8 Å². The van der Waals surface area contributed by atoms with Crippen LogP contribution >= 0.6 is 15.9 Å². The Labute approximate surface area is 114 Å². The molecule has 0 N–H and O–H groups in total. The molecule has 0 unspecified atom stereocenters. The van der Waals surface area contributed by atoms with Crippen LogP contribution in [-0.4, -0.2) is 9.55 Å². The van der Waals surface area contributed by atoms with E-state index in [1.165, 1.54) is 10.9 Å². The van der Waals surface area contributed by atoms with Gasteiger partial charge in [0.25, 0.3) is 0 Å². The van der Waals surface area contributed by atoms with Crippen LogP contribution in [0.2, 0.25) is 0 Å². The Hall–Kier alpha value is -1.61. The number of hydrogen-bond donors (Lipinski definition) is 0. The lowest BCUT2D eigenvalue weighted by molar-refractivity contribution is 0.802. The first-order valence-electron chi connectivity index (χ1n) is 5.90. The van der Waals surface area contributed by atoms with Crippen molar-refractivity contribution in [3.05, 3.63) is 64.5 Å². The Morgan fingerprint density at radius 1 is 1.11 bits per heavy atom. The number of pyridine rings is 1. The number of nitrogens with zero attached hydrogens (tertiary/aromatic N) is 2. The van der Waals surface area contributed by atoms with E-state index in [9.17, 15) is 0 Å². The highest BCUT2D eigenvalue weighted by Gasteiger charge is 2.04. The molecule has 0 atom stereocenters. The average Bonchev–Trinajstić information content (AvgIpc) is 2.74. The molecule has 18 heavy (non-hydrogen) atoms. The summed E-state index contributed by atoms with van der Waals surface area (Å²) in [5.41, 5.74) is 3.38. The van der Waals surface area contributed by atoms with Crippen molar-refractivity contribution in [1.29, 1.82) is 0 Å². The van der Waals surface area contributed by atoms with E-state index < -0.39 is 0 Å². The van der Waals surface area contributed by atoms with Crippen LogP contribution in [0.1, 0.15) is 11.4 Å². The lowest BCUT2D eigenvalue weighted by atomic mass is 10.2. The standard InChI is InChI=1S/C15H13BrN2/c1-11-4-2-5-12(17-11)10-18-9-8-13-14(16)6-3-7-15(13)18/h2-9H,10H2,1H3. The maximum absolute atomic E-state index is 4.54. The lowest BCUT2D eigenvalue weighted by Gasteiger charge is -2.06. The van der Waals surface area contributed by atoms with Crippen LogP contribution in [0.5, 0.6) is 0 Å². The minimum absolute atomic E-state index is 0.807. The summed E-state index contributed by atoms with van der Waals surface area (Å²) < 4.78 is 3.36. The maximum Gasteiger partial charge on any atom is 0.0648 e. The van der Waals surface area contributed by atoms with Crippen molar-refractivity contribution in [3.8, 4) is 0 Å². The molecule has 0 bridgehead atoms. The molecule has 3 heteroatoms. The van der Waals surface area contributed by atoms with E-state index in [0.29, 0.717) is 0 Å². The van der Waals surface area contributed by atoms with Gasteiger partial charge in [0.1, 0.15) is 0 Å². The fourth-order valence-electron chi connectivity index (χ4n) is 2.19. The largest absolute Gasteiger partial charge is 0.341 e. The van der Waals surface area contributed by atoms with Crippen molar-refractivity contribution in [2.24, 2.45) is 0 Å². The summed E-state index contributed by atoms with van der Waals surface area (Å²) in [6, 6.07) is 14.5. The van der Waals surface area contributed by atoms with Crippen LogP contribution in [0.25, 0.3) is 10.9 Å². The summed E-state index contributed by atoms with van der Waals surface area (Å²) in [7, 11) is 0. The quantitative estimate of drug-likeness (QED) is 0.695. The normalized spacial score (nSPS) is 11.0. The van der Waals surface area contributed by atoms with Gasteiger partial charge in [-0.05, 0) is 37.3 Å². The van der Waals surface area contributed by atoms with Gasteiger partial charge in [-0.2, -0.15) is 0 Å². The van der Waals surface area contributed by atoms with Crippen LogP contribution in [-0.2, 0) is 6.54 Å². The number of fused-ring (bicyclic) bond motifs is 1. The number of halogens is 1. The molecule has 3 rings (SSSR count). The highest BCUT2D eigenvalue weighted by molar-refractivity contribution is 9.10. The maximum atomic E-state index is 4.54. The van der Waals surface area contributed by atoms with Crippen LogP contribution in [0, 0.1) is 6.92 Å². The molecule has 0 aliphatic carbocycles. The van der Waals surface area contributed by atoms with E-state index in [0.717, 1.165) is 22.4 Å². The second-order valence-corrected chi connectivity index (χ2v) is 5.24. The molecule has 0 fully saturated rings. The van der Waals surface area contributed by atoms with Crippen molar-refractivity contribution in [2.45, 2.75) is 13.5 Å². The molecular formula is C15H13BrN2. The van der Waals surface area contributed by atoms with Gasteiger partial charge in [0.2, 0.25) is 0 Å². The topological polar surface area (TPSA) is 17.8 Å². The highest BCUT2D eigenvalue weighted by Crippen LogP contribution is 2.25.